The Kier molecular flexibility index (Phi) is 9.46. The van der Waals surface area contributed by atoms with E-state index < -0.39 is 16.3 Å². The third-order valence-electron chi connectivity index (χ3n) is 4.00. The number of unbranched alkanes of at least 4 members (excludes halogenated alkanes) is 3. The van der Waals surface area contributed by atoms with Gasteiger partial charge in [-0.1, -0.05) is 17.7 Å². The summed E-state index contributed by atoms with van der Waals surface area (Å²) >= 11 is 0. The van der Waals surface area contributed by atoms with Crippen molar-refractivity contribution in [3.63, 3.8) is 0 Å². The fourth-order valence-electron chi connectivity index (χ4n) is 2.55. The van der Waals surface area contributed by atoms with Gasteiger partial charge in [0.1, 0.15) is 0 Å². The van der Waals surface area contributed by atoms with E-state index in [0.717, 1.165) is 37.8 Å². The summed E-state index contributed by atoms with van der Waals surface area (Å²) in [7, 11) is -3.44. The molecule has 1 aromatic rings. The summed E-state index contributed by atoms with van der Waals surface area (Å²) < 4.78 is 29.1. The molecule has 0 radical (unpaired) electrons. The number of nitrogens with one attached hydrogen (secondary N) is 2. The third kappa shape index (κ3) is 9.66. The molecule has 0 bridgehead atoms. The molecule has 1 atom stereocenters. The van der Waals surface area contributed by atoms with E-state index in [1.807, 2.05) is 0 Å². The van der Waals surface area contributed by atoms with Gasteiger partial charge < -0.3 is 15.8 Å². The molecular formula is C17H29N5O4S. The highest BCUT2D eigenvalue weighted by molar-refractivity contribution is 7.89. The van der Waals surface area contributed by atoms with Gasteiger partial charge in [-0.15, -0.1) is 0 Å². The van der Waals surface area contributed by atoms with Crippen molar-refractivity contribution in [1.82, 2.24) is 9.87 Å². The number of rotatable bonds is 11. The highest BCUT2D eigenvalue weighted by Gasteiger charge is 2.18. The average molecular weight is 400 g/mol. The maximum Gasteiger partial charge on any atom is 0.233 e. The van der Waals surface area contributed by atoms with E-state index in [4.69, 9.17) is 15.3 Å². The van der Waals surface area contributed by atoms with Crippen molar-refractivity contribution < 1.29 is 18.0 Å². The number of anilines is 1. The zero-order valence-corrected chi connectivity index (χ0v) is 16.3. The standard InChI is InChI=1S/C17H29N5O4S/c18-17(21-15-8-11-19-12-9-15)20-10-4-1-2-6-14-27(23,24)22-26-16-7-3-5-13-25-16/h8-9,11-12,16,22H,1-7,10,13-14H2,(H3,18,19,20,21). The van der Waals surface area contributed by atoms with E-state index in [1.54, 1.807) is 24.5 Å². The number of aliphatic imine (C=N–C) groups is 1. The maximum absolute atomic E-state index is 11.9. The zero-order valence-electron chi connectivity index (χ0n) is 15.5. The molecular weight excluding hydrogens is 370 g/mol. The van der Waals surface area contributed by atoms with Crippen LogP contribution >= 0.6 is 0 Å². The fourth-order valence-corrected chi connectivity index (χ4v) is 3.47. The van der Waals surface area contributed by atoms with Crippen molar-refractivity contribution in [3.05, 3.63) is 24.5 Å². The average Bonchev–Trinajstić information content (AvgIpc) is 2.67. The fraction of sp³-hybridized carbons (Fsp3) is 0.647. The molecule has 1 fully saturated rings. The lowest BCUT2D eigenvalue weighted by atomic mass is 10.2. The van der Waals surface area contributed by atoms with Gasteiger partial charge in [-0.25, -0.2) is 8.42 Å². The number of hydrogen-bond acceptors (Lipinski definition) is 6. The highest BCUT2D eigenvalue weighted by atomic mass is 32.2. The molecule has 2 rings (SSSR count). The predicted molar refractivity (Wildman–Crippen MR) is 104 cm³/mol. The van der Waals surface area contributed by atoms with Gasteiger partial charge in [0.2, 0.25) is 10.0 Å². The van der Waals surface area contributed by atoms with Crippen molar-refractivity contribution in [2.75, 3.05) is 24.2 Å². The Morgan fingerprint density at radius 2 is 2.04 bits per heavy atom. The largest absolute Gasteiger partial charge is 0.370 e. The first-order chi connectivity index (χ1) is 13.1. The minimum absolute atomic E-state index is 0.0364. The van der Waals surface area contributed by atoms with Crippen molar-refractivity contribution in [2.45, 2.75) is 51.2 Å². The van der Waals surface area contributed by atoms with Gasteiger partial charge in [-0.3, -0.25) is 14.8 Å². The molecule has 0 spiro atoms. The molecule has 0 aromatic carbocycles. The lowest BCUT2D eigenvalue weighted by molar-refractivity contribution is -0.179. The highest BCUT2D eigenvalue weighted by Crippen LogP contribution is 2.13. The molecule has 0 saturated carbocycles. The van der Waals surface area contributed by atoms with Crippen LogP contribution in [0.25, 0.3) is 0 Å². The molecule has 0 amide bonds. The van der Waals surface area contributed by atoms with E-state index in [2.05, 4.69) is 20.2 Å². The first-order valence-corrected chi connectivity index (χ1v) is 10.9. The first kappa shape index (κ1) is 21.5. The molecule has 1 unspecified atom stereocenters. The van der Waals surface area contributed by atoms with E-state index >= 15 is 0 Å². The second-order valence-corrected chi connectivity index (χ2v) is 8.16. The first-order valence-electron chi connectivity index (χ1n) is 9.29. The summed E-state index contributed by atoms with van der Waals surface area (Å²) in [5.41, 5.74) is 6.64. The Morgan fingerprint density at radius 3 is 2.78 bits per heavy atom. The number of ether oxygens (including phenoxy) is 1. The van der Waals surface area contributed by atoms with Crippen molar-refractivity contribution in [2.24, 2.45) is 10.7 Å². The van der Waals surface area contributed by atoms with E-state index in [-0.39, 0.29) is 5.75 Å². The molecule has 4 N–H and O–H groups in total. The SMILES string of the molecule is NC(=NCCCCCCS(=O)(=O)NOC1CCCCO1)Nc1ccncc1. The lowest BCUT2D eigenvalue weighted by Crippen LogP contribution is -2.34. The van der Waals surface area contributed by atoms with Crippen LogP contribution in [-0.2, 0) is 19.6 Å². The van der Waals surface area contributed by atoms with Crippen molar-refractivity contribution in [3.8, 4) is 0 Å². The Balaban J connectivity index is 1.51. The van der Waals surface area contributed by atoms with Crippen LogP contribution in [0.3, 0.4) is 0 Å². The Bertz CT molecular complexity index is 663. The van der Waals surface area contributed by atoms with Gasteiger partial charge in [0, 0.05) is 37.7 Å². The van der Waals surface area contributed by atoms with Gasteiger partial charge >= 0.3 is 0 Å². The zero-order chi connectivity index (χ0) is 19.4. The normalized spacial score (nSPS) is 18.4. The molecule has 1 aliphatic heterocycles. The second-order valence-electron chi connectivity index (χ2n) is 6.36. The summed E-state index contributed by atoms with van der Waals surface area (Å²) in [6, 6.07) is 3.61. The summed E-state index contributed by atoms with van der Waals surface area (Å²) in [6.07, 6.45) is 8.65. The molecule has 9 nitrogen and oxygen atoms in total. The number of guanidine groups is 1. The van der Waals surface area contributed by atoms with E-state index in [9.17, 15) is 8.42 Å². The van der Waals surface area contributed by atoms with Crippen LogP contribution in [0.5, 0.6) is 0 Å². The minimum Gasteiger partial charge on any atom is -0.370 e. The van der Waals surface area contributed by atoms with Gasteiger partial charge in [-0.05, 0) is 37.8 Å². The van der Waals surface area contributed by atoms with Gasteiger partial charge in [0.25, 0.3) is 0 Å². The summed E-state index contributed by atoms with van der Waals surface area (Å²) in [6.45, 7) is 1.20. The quantitative estimate of drug-likeness (QED) is 0.224. The van der Waals surface area contributed by atoms with Crippen LogP contribution in [0.15, 0.2) is 29.5 Å². The van der Waals surface area contributed by atoms with Crippen LogP contribution in [0.4, 0.5) is 5.69 Å². The van der Waals surface area contributed by atoms with Gasteiger partial charge in [-0.2, -0.15) is 0 Å². The number of pyridine rings is 1. The van der Waals surface area contributed by atoms with Crippen LogP contribution in [0.1, 0.15) is 44.9 Å². The monoisotopic (exact) mass is 399 g/mol. The smallest absolute Gasteiger partial charge is 0.233 e. The third-order valence-corrected chi connectivity index (χ3v) is 5.18. The molecule has 10 heteroatoms. The molecule has 152 valence electrons. The number of sulfonamides is 1. The lowest BCUT2D eigenvalue weighted by Gasteiger charge is -2.22. The second kappa shape index (κ2) is 11.9. The molecule has 1 saturated heterocycles. The Morgan fingerprint density at radius 1 is 1.26 bits per heavy atom. The van der Waals surface area contributed by atoms with Crippen LogP contribution in [-0.4, -0.2) is 44.6 Å². The minimum atomic E-state index is -3.44. The van der Waals surface area contributed by atoms with E-state index in [1.165, 1.54) is 0 Å². The number of nitrogens with zero attached hydrogens (tertiary/aromatic N) is 2. The van der Waals surface area contributed by atoms with Crippen molar-refractivity contribution in [1.29, 1.82) is 0 Å². The molecule has 0 aliphatic carbocycles. The molecule has 27 heavy (non-hydrogen) atoms. The topological polar surface area (TPSA) is 128 Å². The Hall–Kier alpha value is -1.75. The molecule has 2 heterocycles. The Labute approximate surface area is 160 Å². The van der Waals surface area contributed by atoms with Crippen LogP contribution in [0.2, 0.25) is 0 Å². The van der Waals surface area contributed by atoms with Crippen LogP contribution < -0.4 is 15.9 Å². The maximum atomic E-state index is 11.9. The van der Waals surface area contributed by atoms with E-state index in [0.29, 0.717) is 32.0 Å². The molecule has 1 aliphatic rings. The predicted octanol–water partition coefficient (Wildman–Crippen LogP) is 1.75. The number of aromatic nitrogens is 1. The van der Waals surface area contributed by atoms with Crippen molar-refractivity contribution >= 4 is 21.7 Å². The van der Waals surface area contributed by atoms with Gasteiger partial charge in [0.15, 0.2) is 12.2 Å². The number of nitrogens with two attached hydrogens (primary N) is 1. The summed E-state index contributed by atoms with van der Waals surface area (Å²) in [4.78, 5) is 15.5. The summed E-state index contributed by atoms with van der Waals surface area (Å²) in [5.74, 6) is 0.393. The summed E-state index contributed by atoms with van der Waals surface area (Å²) in [5, 5.41) is 2.98. The molecule has 1 aromatic heterocycles. The van der Waals surface area contributed by atoms with Gasteiger partial charge in [0.05, 0.1) is 5.75 Å². The van der Waals surface area contributed by atoms with Crippen LogP contribution in [0, 0.1) is 0 Å². The number of hydrogen-bond donors (Lipinski definition) is 3.